The molecular weight excluding hydrogens is 288 g/mol. The van der Waals surface area contributed by atoms with Gasteiger partial charge in [-0.1, -0.05) is 58.1 Å². The second-order valence-electron chi connectivity index (χ2n) is 7.11. The molecule has 2 rings (SSSR count). The Morgan fingerprint density at radius 2 is 1.87 bits per heavy atom. The van der Waals surface area contributed by atoms with Crippen molar-refractivity contribution in [3.05, 3.63) is 53.6 Å². The number of aliphatic hydroxyl groups excluding tert-OH is 1. The number of allylic oxidation sites excluding steroid dienone is 2. The van der Waals surface area contributed by atoms with E-state index in [0.29, 0.717) is 6.61 Å². The molecule has 0 radical (unpaired) electrons. The SMILES string of the molecule is CC(C)C(O)COC1C=CC(C(C)(C)c2ccc(O)cc2)=CC1. The lowest BCUT2D eigenvalue weighted by Gasteiger charge is -2.30. The zero-order valence-corrected chi connectivity index (χ0v) is 14.5. The molecule has 0 saturated heterocycles. The van der Waals surface area contributed by atoms with Crippen LogP contribution in [0.25, 0.3) is 0 Å². The van der Waals surface area contributed by atoms with E-state index in [1.54, 1.807) is 12.1 Å². The maximum atomic E-state index is 9.82. The van der Waals surface area contributed by atoms with Crippen LogP contribution in [0.15, 0.2) is 48.1 Å². The van der Waals surface area contributed by atoms with Crippen LogP contribution in [0.4, 0.5) is 0 Å². The number of hydrogen-bond donors (Lipinski definition) is 2. The van der Waals surface area contributed by atoms with Gasteiger partial charge in [0.25, 0.3) is 0 Å². The van der Waals surface area contributed by atoms with Crippen molar-refractivity contribution in [1.82, 2.24) is 0 Å². The number of ether oxygens (including phenoxy) is 1. The highest BCUT2D eigenvalue weighted by Crippen LogP contribution is 2.35. The maximum Gasteiger partial charge on any atom is 0.115 e. The number of benzene rings is 1. The smallest absolute Gasteiger partial charge is 0.115 e. The number of phenolic OH excluding ortho intramolecular Hbond substituents is 1. The first-order valence-corrected chi connectivity index (χ1v) is 8.28. The maximum absolute atomic E-state index is 9.82. The van der Waals surface area contributed by atoms with Gasteiger partial charge in [-0.2, -0.15) is 0 Å². The fraction of sp³-hybridized carbons (Fsp3) is 0.500. The Hall–Kier alpha value is -1.58. The molecule has 2 N–H and O–H groups in total. The van der Waals surface area contributed by atoms with Gasteiger partial charge in [-0.15, -0.1) is 0 Å². The van der Waals surface area contributed by atoms with Crippen LogP contribution in [0.2, 0.25) is 0 Å². The molecule has 0 bridgehead atoms. The van der Waals surface area contributed by atoms with Crippen LogP contribution < -0.4 is 0 Å². The largest absolute Gasteiger partial charge is 0.508 e. The fourth-order valence-corrected chi connectivity index (χ4v) is 2.65. The topological polar surface area (TPSA) is 49.7 Å². The van der Waals surface area contributed by atoms with Crippen LogP contribution in [0.1, 0.15) is 39.7 Å². The Kier molecular flexibility index (Phi) is 5.66. The van der Waals surface area contributed by atoms with Gasteiger partial charge in [-0.3, -0.25) is 0 Å². The van der Waals surface area contributed by atoms with Crippen molar-refractivity contribution < 1.29 is 14.9 Å². The van der Waals surface area contributed by atoms with Crippen LogP contribution in [-0.4, -0.2) is 29.0 Å². The van der Waals surface area contributed by atoms with E-state index < -0.39 is 6.10 Å². The second kappa shape index (κ2) is 7.33. The van der Waals surface area contributed by atoms with E-state index in [9.17, 15) is 10.2 Å². The molecule has 1 aliphatic rings. The third kappa shape index (κ3) is 4.46. The van der Waals surface area contributed by atoms with Crippen LogP contribution in [0, 0.1) is 5.92 Å². The Balaban J connectivity index is 1.98. The highest BCUT2D eigenvalue weighted by Gasteiger charge is 2.26. The van der Waals surface area contributed by atoms with Gasteiger partial charge >= 0.3 is 0 Å². The van der Waals surface area contributed by atoms with Gasteiger partial charge < -0.3 is 14.9 Å². The number of aliphatic hydroxyl groups is 1. The molecule has 0 fully saturated rings. The summed E-state index contributed by atoms with van der Waals surface area (Å²) >= 11 is 0. The average Bonchev–Trinajstić information content (AvgIpc) is 2.53. The average molecular weight is 316 g/mol. The monoisotopic (exact) mass is 316 g/mol. The molecule has 2 unspecified atom stereocenters. The van der Waals surface area contributed by atoms with Crippen molar-refractivity contribution in [2.75, 3.05) is 6.61 Å². The summed E-state index contributed by atoms with van der Waals surface area (Å²) in [4.78, 5) is 0. The molecule has 1 aromatic rings. The van der Waals surface area contributed by atoms with Gasteiger partial charge in [-0.05, 0) is 35.6 Å². The van der Waals surface area contributed by atoms with E-state index in [2.05, 4.69) is 32.1 Å². The summed E-state index contributed by atoms with van der Waals surface area (Å²) in [5.74, 6) is 0.497. The molecule has 0 aromatic heterocycles. The molecule has 0 amide bonds. The summed E-state index contributed by atoms with van der Waals surface area (Å²) in [7, 11) is 0. The Morgan fingerprint density at radius 3 is 2.39 bits per heavy atom. The summed E-state index contributed by atoms with van der Waals surface area (Å²) in [5.41, 5.74) is 2.29. The predicted octanol–water partition coefficient (Wildman–Crippen LogP) is 3.96. The van der Waals surface area contributed by atoms with Gasteiger partial charge in [0.1, 0.15) is 5.75 Å². The van der Waals surface area contributed by atoms with E-state index in [0.717, 1.165) is 6.42 Å². The van der Waals surface area contributed by atoms with Crippen LogP contribution in [0.5, 0.6) is 5.75 Å². The molecule has 1 aromatic carbocycles. The highest BCUT2D eigenvalue weighted by molar-refractivity contribution is 5.43. The third-order valence-corrected chi connectivity index (χ3v) is 4.62. The molecule has 23 heavy (non-hydrogen) atoms. The molecule has 126 valence electrons. The van der Waals surface area contributed by atoms with Crippen LogP contribution in [0.3, 0.4) is 0 Å². The molecule has 0 heterocycles. The minimum atomic E-state index is -0.415. The summed E-state index contributed by atoms with van der Waals surface area (Å²) in [6.45, 7) is 8.71. The molecule has 3 nitrogen and oxygen atoms in total. The van der Waals surface area contributed by atoms with E-state index in [1.165, 1.54) is 11.1 Å². The summed E-state index contributed by atoms with van der Waals surface area (Å²) < 4.78 is 5.77. The van der Waals surface area contributed by atoms with Crippen molar-refractivity contribution in [3.63, 3.8) is 0 Å². The van der Waals surface area contributed by atoms with Crippen molar-refractivity contribution in [1.29, 1.82) is 0 Å². The van der Waals surface area contributed by atoms with Crippen molar-refractivity contribution in [3.8, 4) is 5.75 Å². The first kappa shape index (κ1) is 17.8. The molecule has 0 spiro atoms. The Labute approximate surface area is 139 Å². The Bertz CT molecular complexity index is 567. The quantitative estimate of drug-likeness (QED) is 0.835. The van der Waals surface area contributed by atoms with Crippen LogP contribution >= 0.6 is 0 Å². The molecule has 0 aliphatic heterocycles. The fourth-order valence-electron chi connectivity index (χ4n) is 2.65. The lowest BCUT2D eigenvalue weighted by Crippen LogP contribution is -2.26. The van der Waals surface area contributed by atoms with Crippen molar-refractivity contribution >= 4 is 0 Å². The number of aromatic hydroxyl groups is 1. The minimum absolute atomic E-state index is 0.0303. The molecule has 1 aliphatic carbocycles. The first-order chi connectivity index (χ1) is 10.8. The minimum Gasteiger partial charge on any atom is -0.508 e. The number of hydrogen-bond acceptors (Lipinski definition) is 3. The van der Waals surface area contributed by atoms with E-state index in [-0.39, 0.29) is 23.2 Å². The highest BCUT2D eigenvalue weighted by atomic mass is 16.5. The molecule has 3 heteroatoms. The van der Waals surface area contributed by atoms with E-state index in [4.69, 9.17) is 4.74 Å². The summed E-state index contributed by atoms with van der Waals surface area (Å²) in [5, 5.41) is 19.3. The normalized spacial score (nSPS) is 19.7. The summed E-state index contributed by atoms with van der Waals surface area (Å²) in [6, 6.07) is 7.38. The predicted molar refractivity (Wildman–Crippen MR) is 93.6 cm³/mol. The number of rotatable bonds is 6. The number of phenols is 1. The Morgan fingerprint density at radius 1 is 1.22 bits per heavy atom. The lowest BCUT2D eigenvalue weighted by molar-refractivity contribution is -0.00884. The van der Waals surface area contributed by atoms with Gasteiger partial charge in [0, 0.05) is 5.41 Å². The molecular formula is C20H28O3. The molecule has 2 atom stereocenters. The summed E-state index contributed by atoms with van der Waals surface area (Å²) in [6.07, 6.45) is 6.83. The van der Waals surface area contributed by atoms with Gasteiger partial charge in [0.15, 0.2) is 0 Å². The molecule has 0 saturated carbocycles. The van der Waals surface area contributed by atoms with Gasteiger partial charge in [0.05, 0.1) is 18.8 Å². The van der Waals surface area contributed by atoms with E-state index >= 15 is 0 Å². The second-order valence-corrected chi connectivity index (χ2v) is 7.11. The van der Waals surface area contributed by atoms with Crippen molar-refractivity contribution in [2.24, 2.45) is 5.92 Å². The van der Waals surface area contributed by atoms with Gasteiger partial charge in [0.2, 0.25) is 0 Å². The zero-order valence-electron chi connectivity index (χ0n) is 14.5. The van der Waals surface area contributed by atoms with Gasteiger partial charge in [-0.25, -0.2) is 0 Å². The van der Waals surface area contributed by atoms with E-state index in [1.807, 2.05) is 26.0 Å². The third-order valence-electron chi connectivity index (χ3n) is 4.62. The lowest BCUT2D eigenvalue weighted by atomic mass is 9.75. The first-order valence-electron chi connectivity index (χ1n) is 8.28. The zero-order chi connectivity index (χ0) is 17.0. The standard InChI is InChI=1S/C20H28O3/c1-14(2)19(22)13-23-18-11-7-16(8-12-18)20(3,4)15-5-9-17(21)10-6-15/h5-11,14,18-19,21-22H,12-13H2,1-4H3. The van der Waals surface area contributed by atoms with Crippen molar-refractivity contribution in [2.45, 2.75) is 51.7 Å². The van der Waals surface area contributed by atoms with Crippen LogP contribution in [-0.2, 0) is 10.2 Å².